The van der Waals surface area contributed by atoms with Gasteiger partial charge in [-0.2, -0.15) is 0 Å². The molecule has 3 amide bonds. The Labute approximate surface area is 161 Å². The molecule has 0 aliphatic carbocycles. The second kappa shape index (κ2) is 9.69. The molecule has 0 bridgehead atoms. The molecule has 7 heteroatoms. The Bertz CT molecular complexity index is 617. The lowest BCUT2D eigenvalue weighted by molar-refractivity contribution is -0.131. The van der Waals surface area contributed by atoms with Crippen LogP contribution in [-0.2, 0) is 16.1 Å². The molecular weight excluding hydrogens is 344 g/mol. The normalized spacial score (nSPS) is 21.1. The van der Waals surface area contributed by atoms with Crippen molar-refractivity contribution in [1.82, 2.24) is 20.1 Å². The van der Waals surface area contributed by atoms with Crippen molar-refractivity contribution in [2.24, 2.45) is 0 Å². The van der Waals surface area contributed by atoms with E-state index >= 15 is 0 Å². The molecule has 1 atom stereocenters. The highest BCUT2D eigenvalue weighted by atomic mass is 16.5. The number of carbonyl (C=O) groups is 2. The molecule has 0 radical (unpaired) electrons. The maximum atomic E-state index is 12.6. The van der Waals surface area contributed by atoms with Gasteiger partial charge < -0.3 is 19.9 Å². The summed E-state index contributed by atoms with van der Waals surface area (Å²) in [4.78, 5) is 32.2. The van der Waals surface area contributed by atoms with Crippen molar-refractivity contribution in [3.8, 4) is 0 Å². The number of nitrogens with one attached hydrogen (secondary N) is 1. The molecule has 2 fully saturated rings. The van der Waals surface area contributed by atoms with Crippen molar-refractivity contribution in [2.45, 2.75) is 57.8 Å². The molecule has 1 N–H and O–H groups in total. The number of hydrogen-bond donors (Lipinski definition) is 1. The minimum atomic E-state index is -0.00931. The number of aromatic nitrogens is 1. The SMILES string of the molecule is CCC(=O)N1CCC(NC(=O)N2CCC[C@H](OCc3cccnc3)C2)CC1. The highest BCUT2D eigenvalue weighted by Gasteiger charge is 2.28. The minimum absolute atomic E-state index is 0.00931. The summed E-state index contributed by atoms with van der Waals surface area (Å²) in [5, 5.41) is 3.14. The van der Waals surface area contributed by atoms with Crippen LogP contribution in [0.2, 0.25) is 0 Å². The molecule has 3 rings (SSSR count). The zero-order valence-electron chi connectivity index (χ0n) is 16.1. The summed E-state index contributed by atoms with van der Waals surface area (Å²) in [5.41, 5.74) is 1.05. The molecular formula is C20H30N4O3. The predicted octanol–water partition coefficient (Wildman–Crippen LogP) is 2.17. The molecule has 7 nitrogen and oxygen atoms in total. The molecule has 27 heavy (non-hydrogen) atoms. The van der Waals surface area contributed by atoms with Crippen LogP contribution in [0.1, 0.15) is 44.6 Å². The van der Waals surface area contributed by atoms with Crippen molar-refractivity contribution in [3.63, 3.8) is 0 Å². The Morgan fingerprint density at radius 3 is 2.74 bits per heavy atom. The van der Waals surface area contributed by atoms with Gasteiger partial charge in [0, 0.05) is 51.0 Å². The van der Waals surface area contributed by atoms with Crippen LogP contribution in [0.3, 0.4) is 0 Å². The van der Waals surface area contributed by atoms with Crippen LogP contribution in [0.25, 0.3) is 0 Å². The van der Waals surface area contributed by atoms with Crippen LogP contribution in [0.5, 0.6) is 0 Å². The maximum absolute atomic E-state index is 12.6. The summed E-state index contributed by atoms with van der Waals surface area (Å²) in [5.74, 6) is 0.199. The zero-order valence-corrected chi connectivity index (χ0v) is 16.1. The van der Waals surface area contributed by atoms with Crippen molar-refractivity contribution < 1.29 is 14.3 Å². The number of ether oxygens (including phenoxy) is 1. The van der Waals surface area contributed by atoms with Crippen molar-refractivity contribution in [3.05, 3.63) is 30.1 Å². The van der Waals surface area contributed by atoms with Crippen LogP contribution in [0, 0.1) is 0 Å². The molecule has 1 aromatic heterocycles. The van der Waals surface area contributed by atoms with Gasteiger partial charge in [0.25, 0.3) is 0 Å². The Morgan fingerprint density at radius 1 is 1.22 bits per heavy atom. The molecule has 2 saturated heterocycles. The fourth-order valence-electron chi connectivity index (χ4n) is 3.72. The van der Waals surface area contributed by atoms with Crippen LogP contribution < -0.4 is 5.32 Å². The summed E-state index contributed by atoms with van der Waals surface area (Å²) >= 11 is 0. The number of hydrogen-bond acceptors (Lipinski definition) is 4. The van der Waals surface area contributed by atoms with Gasteiger partial charge in [0.2, 0.25) is 5.91 Å². The van der Waals surface area contributed by atoms with E-state index in [4.69, 9.17) is 4.74 Å². The van der Waals surface area contributed by atoms with Crippen LogP contribution >= 0.6 is 0 Å². The van der Waals surface area contributed by atoms with E-state index in [9.17, 15) is 9.59 Å². The molecule has 0 spiro atoms. The van der Waals surface area contributed by atoms with E-state index in [1.54, 1.807) is 6.20 Å². The van der Waals surface area contributed by atoms with E-state index in [2.05, 4.69) is 10.3 Å². The average molecular weight is 374 g/mol. The molecule has 2 aliphatic heterocycles. The third-order valence-electron chi connectivity index (χ3n) is 5.35. The zero-order chi connectivity index (χ0) is 19.1. The topological polar surface area (TPSA) is 74.8 Å². The van der Waals surface area contributed by atoms with E-state index in [0.717, 1.165) is 50.9 Å². The molecule has 0 unspecified atom stereocenters. The van der Waals surface area contributed by atoms with Gasteiger partial charge in [-0.05, 0) is 37.3 Å². The average Bonchev–Trinajstić information content (AvgIpc) is 2.73. The monoisotopic (exact) mass is 374 g/mol. The fourth-order valence-corrected chi connectivity index (χ4v) is 3.72. The summed E-state index contributed by atoms with van der Waals surface area (Å²) in [7, 11) is 0. The number of carbonyl (C=O) groups excluding carboxylic acids is 2. The number of urea groups is 1. The third kappa shape index (κ3) is 5.66. The van der Waals surface area contributed by atoms with Crippen LogP contribution in [0.15, 0.2) is 24.5 Å². The van der Waals surface area contributed by atoms with E-state index in [-0.39, 0.29) is 24.1 Å². The van der Waals surface area contributed by atoms with E-state index in [1.807, 2.05) is 35.1 Å². The molecule has 2 aliphatic rings. The number of nitrogens with zero attached hydrogens (tertiary/aromatic N) is 3. The first kappa shape index (κ1) is 19.6. The number of likely N-dealkylation sites (tertiary alicyclic amines) is 2. The molecule has 148 valence electrons. The predicted molar refractivity (Wildman–Crippen MR) is 102 cm³/mol. The summed E-state index contributed by atoms with van der Waals surface area (Å²) in [6.45, 7) is 5.27. The number of amides is 3. The molecule has 3 heterocycles. The van der Waals surface area contributed by atoms with Crippen molar-refractivity contribution >= 4 is 11.9 Å². The number of pyridine rings is 1. The van der Waals surface area contributed by atoms with E-state index in [1.165, 1.54) is 0 Å². The van der Waals surface area contributed by atoms with Crippen molar-refractivity contribution in [1.29, 1.82) is 0 Å². The Balaban J connectivity index is 1.41. The van der Waals surface area contributed by atoms with Gasteiger partial charge in [0.15, 0.2) is 0 Å². The quantitative estimate of drug-likeness (QED) is 0.857. The third-order valence-corrected chi connectivity index (χ3v) is 5.35. The van der Waals surface area contributed by atoms with Gasteiger partial charge in [0.05, 0.1) is 12.7 Å². The van der Waals surface area contributed by atoms with Crippen LogP contribution in [-0.4, -0.2) is 65.0 Å². The van der Waals surface area contributed by atoms with Crippen molar-refractivity contribution in [2.75, 3.05) is 26.2 Å². The minimum Gasteiger partial charge on any atom is -0.372 e. The molecule has 0 aromatic carbocycles. The summed E-state index contributed by atoms with van der Waals surface area (Å²) in [6, 6.07) is 4.04. The second-order valence-electron chi connectivity index (χ2n) is 7.34. The Kier molecular flexibility index (Phi) is 7.04. The molecule has 0 saturated carbocycles. The summed E-state index contributed by atoms with van der Waals surface area (Å²) < 4.78 is 5.99. The van der Waals surface area contributed by atoms with Gasteiger partial charge in [0.1, 0.15) is 0 Å². The Morgan fingerprint density at radius 2 is 2.04 bits per heavy atom. The summed E-state index contributed by atoms with van der Waals surface area (Å²) in [6.07, 6.45) is 7.75. The fraction of sp³-hybridized carbons (Fsp3) is 0.650. The first-order valence-electron chi connectivity index (χ1n) is 9.99. The smallest absolute Gasteiger partial charge is 0.317 e. The lowest BCUT2D eigenvalue weighted by Crippen LogP contribution is -2.53. The number of rotatable bonds is 5. The first-order valence-corrected chi connectivity index (χ1v) is 9.99. The largest absolute Gasteiger partial charge is 0.372 e. The first-order chi connectivity index (χ1) is 13.2. The lowest BCUT2D eigenvalue weighted by atomic mass is 10.0. The highest BCUT2D eigenvalue weighted by Crippen LogP contribution is 2.17. The van der Waals surface area contributed by atoms with Gasteiger partial charge in [-0.25, -0.2) is 4.79 Å². The van der Waals surface area contributed by atoms with Crippen LogP contribution in [0.4, 0.5) is 4.79 Å². The van der Waals surface area contributed by atoms with Gasteiger partial charge >= 0.3 is 6.03 Å². The molecule has 1 aromatic rings. The standard InChI is InChI=1S/C20H30N4O3/c1-2-19(25)23-11-7-17(8-12-23)22-20(26)24-10-4-6-18(14-24)27-15-16-5-3-9-21-13-16/h3,5,9,13,17-18H,2,4,6-8,10-12,14-15H2,1H3,(H,22,26)/t18-/m0/s1. The van der Waals surface area contributed by atoms with Gasteiger partial charge in [-0.1, -0.05) is 13.0 Å². The Hall–Kier alpha value is -2.15. The van der Waals surface area contributed by atoms with E-state index < -0.39 is 0 Å². The van der Waals surface area contributed by atoms with E-state index in [0.29, 0.717) is 19.6 Å². The highest BCUT2D eigenvalue weighted by molar-refractivity contribution is 5.76. The number of piperidine rings is 2. The second-order valence-corrected chi connectivity index (χ2v) is 7.34. The van der Waals surface area contributed by atoms with Gasteiger partial charge in [-0.3, -0.25) is 9.78 Å². The van der Waals surface area contributed by atoms with Gasteiger partial charge in [-0.15, -0.1) is 0 Å². The lowest BCUT2D eigenvalue weighted by Gasteiger charge is -2.36. The maximum Gasteiger partial charge on any atom is 0.317 e.